The molecule has 3 saturated carbocycles. The highest BCUT2D eigenvalue weighted by Gasteiger charge is 2.47. The Labute approximate surface area is 143 Å². The average molecular weight is 341 g/mol. The Balaban J connectivity index is 1.39. The molecule has 0 radical (unpaired) electrons. The summed E-state index contributed by atoms with van der Waals surface area (Å²) in [5, 5.41) is 8.67. The zero-order valence-electron chi connectivity index (χ0n) is 14.3. The van der Waals surface area contributed by atoms with Gasteiger partial charge in [-0.15, -0.1) is 0 Å². The molecule has 0 saturated heterocycles. The fourth-order valence-electron chi connectivity index (χ4n) is 5.08. The molecule has 0 aromatic heterocycles. The number of hydrogen-bond donors (Lipinski definition) is 1. The first-order valence-electron chi connectivity index (χ1n) is 9.70. The van der Waals surface area contributed by atoms with Gasteiger partial charge in [0.15, 0.2) is 0 Å². The summed E-state index contributed by atoms with van der Waals surface area (Å²) >= 11 is 0. The van der Waals surface area contributed by atoms with Crippen molar-refractivity contribution >= 4 is 16.8 Å². The molecule has 0 spiro atoms. The van der Waals surface area contributed by atoms with Crippen molar-refractivity contribution in [3.05, 3.63) is 0 Å². The van der Waals surface area contributed by atoms with Crippen molar-refractivity contribution in [1.29, 1.82) is 0 Å². The monoisotopic (exact) mass is 340 g/mol. The van der Waals surface area contributed by atoms with E-state index in [0.29, 0.717) is 6.42 Å². The van der Waals surface area contributed by atoms with Crippen molar-refractivity contribution < 1.29 is 14.1 Å². The molecule has 0 aromatic carbocycles. The number of aliphatic carboxylic acids is 1. The number of unbranched alkanes of at least 4 members (excludes halogenated alkanes) is 3. The third-order valence-corrected chi connectivity index (χ3v) is 8.05. The van der Waals surface area contributed by atoms with Gasteiger partial charge >= 0.3 is 5.97 Å². The molecular formula is C19H32O3S. The van der Waals surface area contributed by atoms with Gasteiger partial charge in [0.25, 0.3) is 0 Å². The number of fused-ring (bicyclic) bond motifs is 2. The Morgan fingerprint density at radius 3 is 2.30 bits per heavy atom. The normalized spacial score (nSPS) is 33.9. The molecule has 3 aliphatic carbocycles. The summed E-state index contributed by atoms with van der Waals surface area (Å²) in [4.78, 5) is 10.5. The molecule has 0 amide bonds. The first kappa shape index (κ1) is 17.4. The highest BCUT2D eigenvalue weighted by Crippen LogP contribution is 2.54. The van der Waals surface area contributed by atoms with E-state index in [1.807, 2.05) is 0 Å². The molecular weight excluding hydrogens is 308 g/mol. The minimum Gasteiger partial charge on any atom is -0.481 e. The summed E-state index contributed by atoms with van der Waals surface area (Å²) in [6.45, 7) is 0. The molecule has 1 N–H and O–H groups in total. The van der Waals surface area contributed by atoms with Crippen LogP contribution in [0.25, 0.3) is 0 Å². The van der Waals surface area contributed by atoms with Gasteiger partial charge in [0.05, 0.1) is 0 Å². The molecule has 1 unspecified atom stereocenters. The first-order valence-corrected chi connectivity index (χ1v) is 11.2. The largest absolute Gasteiger partial charge is 0.481 e. The molecule has 0 aromatic rings. The molecule has 132 valence electrons. The molecule has 4 heteroatoms. The molecule has 3 nitrogen and oxygen atoms in total. The lowest BCUT2D eigenvalue weighted by atomic mass is 9.77. The molecule has 23 heavy (non-hydrogen) atoms. The second-order valence-electron chi connectivity index (χ2n) is 8.22. The van der Waals surface area contributed by atoms with E-state index in [9.17, 15) is 9.00 Å². The predicted octanol–water partition coefficient (Wildman–Crippen LogP) is 4.23. The predicted molar refractivity (Wildman–Crippen MR) is 93.7 cm³/mol. The molecule has 0 aliphatic heterocycles. The summed E-state index contributed by atoms with van der Waals surface area (Å²) in [6, 6.07) is 0. The standard InChI is InChI=1S/C19H32O3S/c20-19(21)6-4-2-1-3-5-17-15-9-10-16(11-15)18(17)13-23(22)12-14-7-8-14/h14-18H,1-13H2,(H,20,21)/t15-,16+,17-,18+,23?/m1/s1. The summed E-state index contributed by atoms with van der Waals surface area (Å²) in [6.07, 6.45) is 12.7. The zero-order chi connectivity index (χ0) is 16.2. The van der Waals surface area contributed by atoms with E-state index >= 15 is 0 Å². The summed E-state index contributed by atoms with van der Waals surface area (Å²) < 4.78 is 12.4. The van der Waals surface area contributed by atoms with Crippen LogP contribution in [0.1, 0.15) is 70.6 Å². The van der Waals surface area contributed by atoms with E-state index < -0.39 is 16.8 Å². The number of carbonyl (C=O) groups is 1. The van der Waals surface area contributed by atoms with E-state index in [0.717, 1.165) is 53.9 Å². The molecule has 2 bridgehead atoms. The third kappa shape index (κ3) is 5.04. The van der Waals surface area contributed by atoms with Crippen LogP contribution in [0.15, 0.2) is 0 Å². The number of carboxylic acids is 1. The van der Waals surface area contributed by atoms with Gasteiger partial charge in [0.1, 0.15) is 0 Å². The van der Waals surface area contributed by atoms with E-state index in [1.165, 1.54) is 51.4 Å². The third-order valence-electron chi connectivity index (χ3n) is 6.45. The minimum absolute atomic E-state index is 0.316. The molecule has 3 aliphatic rings. The lowest BCUT2D eigenvalue weighted by Crippen LogP contribution is -2.28. The minimum atomic E-state index is -0.670. The van der Waals surface area contributed by atoms with Crippen LogP contribution in [0, 0.1) is 29.6 Å². The summed E-state index contributed by atoms with van der Waals surface area (Å²) in [7, 11) is -0.581. The maximum atomic E-state index is 12.4. The first-order chi connectivity index (χ1) is 11.1. The van der Waals surface area contributed by atoms with E-state index in [-0.39, 0.29) is 0 Å². The van der Waals surface area contributed by atoms with Gasteiger partial charge in [-0.2, -0.15) is 0 Å². The SMILES string of the molecule is O=C(O)CCCCCC[C@@H]1[C@@H]2CC[C@@H](C2)[C@@H]1CS(=O)CC1CC1. The van der Waals surface area contributed by atoms with Gasteiger partial charge in [-0.05, 0) is 74.5 Å². The van der Waals surface area contributed by atoms with Gasteiger partial charge < -0.3 is 5.11 Å². The summed E-state index contributed by atoms with van der Waals surface area (Å²) in [5.74, 6) is 5.36. The maximum Gasteiger partial charge on any atom is 0.303 e. The zero-order valence-corrected chi connectivity index (χ0v) is 15.1. The number of hydrogen-bond acceptors (Lipinski definition) is 2. The van der Waals surface area contributed by atoms with Crippen molar-refractivity contribution in [2.24, 2.45) is 29.6 Å². The van der Waals surface area contributed by atoms with Crippen LogP contribution >= 0.6 is 0 Å². The topological polar surface area (TPSA) is 54.4 Å². The van der Waals surface area contributed by atoms with Crippen LogP contribution in [0.5, 0.6) is 0 Å². The molecule has 3 fully saturated rings. The van der Waals surface area contributed by atoms with Crippen LogP contribution in [-0.4, -0.2) is 26.8 Å². The lowest BCUT2D eigenvalue weighted by Gasteiger charge is -2.31. The lowest BCUT2D eigenvalue weighted by molar-refractivity contribution is -0.137. The van der Waals surface area contributed by atoms with Crippen molar-refractivity contribution in [2.75, 3.05) is 11.5 Å². The van der Waals surface area contributed by atoms with Crippen molar-refractivity contribution in [3.63, 3.8) is 0 Å². The van der Waals surface area contributed by atoms with Crippen LogP contribution in [0.3, 0.4) is 0 Å². The Morgan fingerprint density at radius 1 is 0.913 bits per heavy atom. The summed E-state index contributed by atoms with van der Waals surface area (Å²) in [5.41, 5.74) is 0. The fraction of sp³-hybridized carbons (Fsp3) is 0.947. The van der Waals surface area contributed by atoms with E-state index in [4.69, 9.17) is 5.11 Å². The van der Waals surface area contributed by atoms with E-state index in [2.05, 4.69) is 0 Å². The van der Waals surface area contributed by atoms with Gasteiger partial charge in [-0.3, -0.25) is 9.00 Å². The van der Waals surface area contributed by atoms with Gasteiger partial charge in [-0.1, -0.05) is 19.3 Å². The van der Waals surface area contributed by atoms with Crippen LogP contribution in [0.2, 0.25) is 0 Å². The second-order valence-corrected chi connectivity index (χ2v) is 9.77. The van der Waals surface area contributed by atoms with E-state index in [1.54, 1.807) is 0 Å². The highest BCUT2D eigenvalue weighted by atomic mass is 32.2. The fourth-order valence-corrected chi connectivity index (χ4v) is 7.02. The highest BCUT2D eigenvalue weighted by molar-refractivity contribution is 7.85. The Morgan fingerprint density at radius 2 is 1.61 bits per heavy atom. The van der Waals surface area contributed by atoms with Gasteiger partial charge in [0, 0.05) is 28.7 Å². The number of carboxylic acid groups (broad SMARTS) is 1. The van der Waals surface area contributed by atoms with Crippen LogP contribution in [-0.2, 0) is 15.6 Å². The molecule has 5 atom stereocenters. The van der Waals surface area contributed by atoms with Crippen LogP contribution < -0.4 is 0 Å². The smallest absolute Gasteiger partial charge is 0.303 e. The Bertz CT molecular complexity index is 432. The van der Waals surface area contributed by atoms with Crippen LogP contribution in [0.4, 0.5) is 0 Å². The Kier molecular flexibility index (Phi) is 6.17. The van der Waals surface area contributed by atoms with Crippen molar-refractivity contribution in [2.45, 2.75) is 70.6 Å². The quantitative estimate of drug-likeness (QED) is 0.573. The average Bonchev–Trinajstić information content (AvgIpc) is 3.09. The van der Waals surface area contributed by atoms with Gasteiger partial charge in [0.2, 0.25) is 0 Å². The molecule has 3 rings (SSSR count). The van der Waals surface area contributed by atoms with Crippen molar-refractivity contribution in [3.8, 4) is 0 Å². The maximum absolute atomic E-state index is 12.4. The molecule has 0 heterocycles. The van der Waals surface area contributed by atoms with Crippen molar-refractivity contribution in [1.82, 2.24) is 0 Å². The Hall–Kier alpha value is -0.380. The van der Waals surface area contributed by atoms with Gasteiger partial charge in [-0.25, -0.2) is 0 Å². The second kappa shape index (κ2) is 8.13. The number of rotatable bonds is 11.